The molecule has 0 bridgehead atoms. The smallest absolute Gasteiger partial charge is 0.417 e. The van der Waals surface area contributed by atoms with Gasteiger partial charge in [0.2, 0.25) is 0 Å². The zero-order valence-corrected chi connectivity index (χ0v) is 14.8. The summed E-state index contributed by atoms with van der Waals surface area (Å²) in [6.45, 7) is -0.0878. The fourth-order valence-electron chi connectivity index (χ4n) is 3.40. The molecule has 1 aliphatic rings. The maximum absolute atomic E-state index is 13.5. The van der Waals surface area contributed by atoms with Crippen LogP contribution in [-0.2, 0) is 6.18 Å². The van der Waals surface area contributed by atoms with Crippen LogP contribution in [0.5, 0.6) is 5.75 Å². The Labute approximate surface area is 162 Å². The van der Waals surface area contributed by atoms with Crippen LogP contribution in [0.1, 0.15) is 29.0 Å². The number of aromatic nitrogens is 1. The van der Waals surface area contributed by atoms with Crippen molar-refractivity contribution in [1.29, 1.82) is 5.26 Å². The molecule has 1 aromatic carbocycles. The number of pyridine rings is 1. The van der Waals surface area contributed by atoms with Gasteiger partial charge in [-0.05, 0) is 36.2 Å². The van der Waals surface area contributed by atoms with Crippen molar-refractivity contribution in [3.63, 3.8) is 0 Å². The quantitative estimate of drug-likeness (QED) is 0.751. The van der Waals surface area contributed by atoms with Crippen LogP contribution >= 0.6 is 0 Å². The van der Waals surface area contributed by atoms with Gasteiger partial charge in [0, 0.05) is 24.4 Å². The van der Waals surface area contributed by atoms with E-state index in [2.05, 4.69) is 10.3 Å². The summed E-state index contributed by atoms with van der Waals surface area (Å²) in [4.78, 5) is 3.80. The molecule has 1 aromatic heterocycles. The van der Waals surface area contributed by atoms with Crippen molar-refractivity contribution in [3.8, 4) is 11.8 Å². The summed E-state index contributed by atoms with van der Waals surface area (Å²) in [5.41, 5.74) is -2.00. The van der Waals surface area contributed by atoms with Gasteiger partial charge in [0.1, 0.15) is 18.4 Å². The molecule has 0 radical (unpaired) electrons. The van der Waals surface area contributed by atoms with Gasteiger partial charge in [0.05, 0.1) is 17.2 Å². The first-order valence-corrected chi connectivity index (χ1v) is 8.56. The third kappa shape index (κ3) is 4.79. The Bertz CT molecular complexity index is 892. The Hall–Kier alpha value is -2.80. The Kier molecular flexibility index (Phi) is 5.71. The van der Waals surface area contributed by atoms with E-state index in [1.165, 1.54) is 18.5 Å². The first kappa shape index (κ1) is 20.9. The molecule has 1 saturated heterocycles. The summed E-state index contributed by atoms with van der Waals surface area (Å²) in [5, 5.41) is 11.3. The molecule has 2 heterocycles. The first-order chi connectivity index (χ1) is 13.6. The summed E-state index contributed by atoms with van der Waals surface area (Å²) < 4.78 is 85.7. The minimum absolute atomic E-state index is 0.0710. The third-order valence-corrected chi connectivity index (χ3v) is 4.71. The van der Waals surface area contributed by atoms with Crippen LogP contribution < -0.4 is 10.1 Å². The van der Waals surface area contributed by atoms with Gasteiger partial charge in [0.15, 0.2) is 0 Å². The number of halogens is 6. The summed E-state index contributed by atoms with van der Waals surface area (Å²) in [5.74, 6) is -0.818. The zero-order valence-electron chi connectivity index (χ0n) is 14.8. The van der Waals surface area contributed by atoms with Crippen LogP contribution in [0, 0.1) is 11.3 Å². The maximum Gasteiger partial charge on any atom is 0.417 e. The minimum Gasteiger partial charge on any atom is -0.492 e. The van der Waals surface area contributed by atoms with Crippen molar-refractivity contribution in [2.24, 2.45) is 0 Å². The van der Waals surface area contributed by atoms with Gasteiger partial charge in [-0.25, -0.2) is 0 Å². The third-order valence-electron chi connectivity index (χ3n) is 4.71. The summed E-state index contributed by atoms with van der Waals surface area (Å²) in [6, 6.07) is 4.46. The topological polar surface area (TPSA) is 57.9 Å². The highest BCUT2D eigenvalue weighted by Gasteiger charge is 2.51. The molecular weight excluding hydrogens is 400 g/mol. The van der Waals surface area contributed by atoms with Gasteiger partial charge in [-0.3, -0.25) is 10.3 Å². The van der Waals surface area contributed by atoms with Crippen molar-refractivity contribution in [2.45, 2.75) is 36.8 Å². The van der Waals surface area contributed by atoms with Crippen molar-refractivity contribution in [2.75, 3.05) is 6.61 Å². The molecule has 1 unspecified atom stereocenters. The highest BCUT2D eigenvalue weighted by atomic mass is 19.4. The highest BCUT2D eigenvalue weighted by molar-refractivity contribution is 5.43. The Morgan fingerprint density at radius 2 is 1.79 bits per heavy atom. The second-order valence-corrected chi connectivity index (χ2v) is 6.63. The van der Waals surface area contributed by atoms with E-state index in [1.54, 1.807) is 12.1 Å². The average molecular weight is 415 g/mol. The van der Waals surface area contributed by atoms with E-state index in [0.717, 1.165) is 12.1 Å². The summed E-state index contributed by atoms with van der Waals surface area (Å²) in [7, 11) is 0. The van der Waals surface area contributed by atoms with Crippen LogP contribution in [0.2, 0.25) is 0 Å². The Morgan fingerprint density at radius 1 is 1.10 bits per heavy atom. The molecule has 2 aromatic rings. The number of nitriles is 1. The molecule has 154 valence electrons. The van der Waals surface area contributed by atoms with Crippen LogP contribution in [0.15, 0.2) is 42.7 Å². The number of hydrogen-bond donors (Lipinski definition) is 1. The monoisotopic (exact) mass is 415 g/mol. The van der Waals surface area contributed by atoms with E-state index < -0.39 is 41.5 Å². The lowest BCUT2D eigenvalue weighted by Gasteiger charge is -2.23. The van der Waals surface area contributed by atoms with E-state index in [4.69, 9.17) is 10.00 Å². The van der Waals surface area contributed by atoms with Crippen LogP contribution in [0.3, 0.4) is 0 Å². The van der Waals surface area contributed by atoms with Crippen molar-refractivity contribution in [1.82, 2.24) is 10.3 Å². The SMILES string of the molecule is N#Cc1ccc(C2C[C@@H](COc3ccncc3)N[C@@H]2C(F)(F)F)cc1C(F)(F)F. The van der Waals surface area contributed by atoms with Crippen LogP contribution in [0.4, 0.5) is 26.3 Å². The van der Waals surface area contributed by atoms with Gasteiger partial charge < -0.3 is 4.74 Å². The molecular formula is C19H15F6N3O. The fraction of sp³-hybridized carbons (Fsp3) is 0.368. The van der Waals surface area contributed by atoms with Crippen molar-refractivity contribution >= 4 is 0 Å². The standard InChI is InChI=1S/C19H15F6N3O/c20-18(21,22)16-7-11(1-2-12(16)9-26)15-8-13(28-17(15)19(23,24)25)10-29-14-3-5-27-6-4-14/h1-7,13,15,17,28H,8,10H2/t13-,15?,17-/m0/s1. The van der Waals surface area contributed by atoms with Gasteiger partial charge in [-0.1, -0.05) is 6.07 Å². The minimum atomic E-state index is -4.84. The number of hydrogen-bond acceptors (Lipinski definition) is 4. The number of rotatable bonds is 4. The van der Waals surface area contributed by atoms with Gasteiger partial charge >= 0.3 is 12.4 Å². The average Bonchev–Trinajstić information content (AvgIpc) is 3.11. The molecule has 1 N–H and O–H groups in total. The van der Waals surface area contributed by atoms with Gasteiger partial charge in [0.25, 0.3) is 0 Å². The van der Waals surface area contributed by atoms with Gasteiger partial charge in [-0.2, -0.15) is 31.6 Å². The molecule has 0 aliphatic carbocycles. The molecule has 0 spiro atoms. The summed E-state index contributed by atoms with van der Waals surface area (Å²) in [6.07, 6.45) is -6.65. The van der Waals surface area contributed by atoms with Crippen LogP contribution in [0.25, 0.3) is 0 Å². The molecule has 3 atom stereocenters. The Morgan fingerprint density at radius 3 is 2.38 bits per heavy atom. The largest absolute Gasteiger partial charge is 0.492 e. The predicted molar refractivity (Wildman–Crippen MR) is 90.0 cm³/mol. The predicted octanol–water partition coefficient (Wildman–Crippen LogP) is 4.43. The maximum atomic E-state index is 13.5. The fourth-order valence-corrected chi connectivity index (χ4v) is 3.40. The van der Waals surface area contributed by atoms with E-state index >= 15 is 0 Å². The normalized spacial score (nSPS) is 22.3. The van der Waals surface area contributed by atoms with Crippen molar-refractivity contribution < 1.29 is 31.1 Å². The number of ether oxygens (including phenoxy) is 1. The second-order valence-electron chi connectivity index (χ2n) is 6.63. The molecule has 0 amide bonds. The Balaban J connectivity index is 1.85. The molecule has 1 aliphatic heterocycles. The lowest BCUT2D eigenvalue weighted by Crippen LogP contribution is -2.44. The van der Waals surface area contributed by atoms with Crippen LogP contribution in [-0.4, -0.2) is 29.9 Å². The second kappa shape index (κ2) is 7.91. The molecule has 0 saturated carbocycles. The lowest BCUT2D eigenvalue weighted by atomic mass is 9.88. The first-order valence-electron chi connectivity index (χ1n) is 8.56. The molecule has 3 rings (SSSR count). The number of alkyl halides is 6. The van der Waals surface area contributed by atoms with E-state index in [1.807, 2.05) is 0 Å². The number of benzene rings is 1. The van der Waals surface area contributed by atoms with Gasteiger partial charge in [-0.15, -0.1) is 0 Å². The molecule has 10 heteroatoms. The summed E-state index contributed by atoms with van der Waals surface area (Å²) >= 11 is 0. The number of nitrogens with zero attached hydrogens (tertiary/aromatic N) is 2. The zero-order chi connectivity index (χ0) is 21.2. The highest BCUT2D eigenvalue weighted by Crippen LogP contribution is 2.42. The van der Waals surface area contributed by atoms with E-state index in [9.17, 15) is 26.3 Å². The number of nitrogens with one attached hydrogen (secondary N) is 1. The lowest BCUT2D eigenvalue weighted by molar-refractivity contribution is -0.156. The molecule has 1 fully saturated rings. The molecule has 29 heavy (non-hydrogen) atoms. The van der Waals surface area contributed by atoms with E-state index in [-0.39, 0.29) is 18.6 Å². The van der Waals surface area contributed by atoms with Crippen molar-refractivity contribution in [3.05, 3.63) is 59.4 Å². The molecule has 4 nitrogen and oxygen atoms in total. The van der Waals surface area contributed by atoms with E-state index in [0.29, 0.717) is 11.8 Å².